The fourth-order valence-electron chi connectivity index (χ4n) is 2.18. The predicted octanol–water partition coefficient (Wildman–Crippen LogP) is 0.867. The van der Waals surface area contributed by atoms with E-state index in [2.05, 4.69) is 0 Å². The zero-order chi connectivity index (χ0) is 12.9. The van der Waals surface area contributed by atoms with Gasteiger partial charge in [0.15, 0.2) is 0 Å². The molecule has 0 spiro atoms. The Hall–Kier alpha value is -1.73. The van der Waals surface area contributed by atoms with Crippen molar-refractivity contribution in [1.82, 2.24) is 0 Å². The third kappa shape index (κ3) is 1.55. The lowest BCUT2D eigenvalue weighted by atomic mass is 10.2. The van der Waals surface area contributed by atoms with Crippen LogP contribution in [0.15, 0.2) is 12.1 Å². The number of amides is 2. The highest BCUT2D eigenvalue weighted by atomic mass is 32.1. The molecule has 2 fully saturated rings. The molecule has 18 heavy (non-hydrogen) atoms. The molecule has 2 atom stereocenters. The van der Waals surface area contributed by atoms with E-state index >= 15 is 0 Å². The summed E-state index contributed by atoms with van der Waals surface area (Å²) in [5, 5.41) is 9.19. The van der Waals surface area contributed by atoms with E-state index in [0.29, 0.717) is 17.8 Å². The molecule has 3 rings (SSSR count). The predicted molar refractivity (Wildman–Crippen MR) is 61.7 cm³/mol. The summed E-state index contributed by atoms with van der Waals surface area (Å²) in [6.45, 7) is 0. The molecule has 0 saturated carbocycles. The summed E-state index contributed by atoms with van der Waals surface area (Å²) in [7, 11) is 0. The van der Waals surface area contributed by atoms with Gasteiger partial charge in [-0.25, -0.2) is 9.69 Å². The quantitative estimate of drug-likeness (QED) is 0.804. The second-order valence-corrected chi connectivity index (χ2v) is 5.21. The Bertz CT molecular complexity index is 529. The van der Waals surface area contributed by atoms with Gasteiger partial charge in [0.05, 0.1) is 0 Å². The number of nitrogens with zero attached hydrogens (tertiary/aromatic N) is 1. The third-order valence-electron chi connectivity index (χ3n) is 3.03. The first kappa shape index (κ1) is 11.4. The summed E-state index contributed by atoms with van der Waals surface area (Å²) in [5.41, 5.74) is 0. The number of carboxylic acids is 1. The molecule has 2 saturated heterocycles. The number of carboxylic acid groups (broad SMARTS) is 1. The lowest BCUT2D eigenvalue weighted by Crippen LogP contribution is -2.51. The van der Waals surface area contributed by atoms with Crippen LogP contribution in [0.25, 0.3) is 0 Å². The van der Waals surface area contributed by atoms with E-state index in [1.165, 1.54) is 12.1 Å². The lowest BCUT2D eigenvalue weighted by Gasteiger charge is -2.28. The Morgan fingerprint density at radius 1 is 1.28 bits per heavy atom. The Morgan fingerprint density at radius 3 is 2.39 bits per heavy atom. The van der Waals surface area contributed by atoms with E-state index in [0.717, 1.165) is 16.2 Å². The van der Waals surface area contributed by atoms with Crippen LogP contribution in [-0.4, -0.2) is 35.1 Å². The Kier molecular flexibility index (Phi) is 2.46. The molecule has 7 heteroatoms. The van der Waals surface area contributed by atoms with Gasteiger partial charge >= 0.3 is 5.97 Å². The first-order valence-corrected chi connectivity index (χ1v) is 6.26. The van der Waals surface area contributed by atoms with Crippen molar-refractivity contribution in [1.29, 1.82) is 0 Å². The van der Waals surface area contributed by atoms with Crippen molar-refractivity contribution >= 4 is 34.1 Å². The maximum Gasteiger partial charge on any atom is 0.345 e. The van der Waals surface area contributed by atoms with Gasteiger partial charge in [-0.2, -0.15) is 0 Å². The van der Waals surface area contributed by atoms with Crippen LogP contribution in [0.1, 0.15) is 22.5 Å². The van der Waals surface area contributed by atoms with Crippen molar-refractivity contribution in [2.24, 2.45) is 0 Å². The molecule has 6 nitrogen and oxygen atoms in total. The molecule has 1 N–H and O–H groups in total. The Labute approximate surface area is 106 Å². The standard InChI is InChI=1S/C11H9NO5S/c13-9-5-1-2-6(17-5)10(14)12(9)8-4-3-7(18-8)11(15)16/h3-6H,1-2H2,(H,15,16). The maximum absolute atomic E-state index is 12.0. The highest BCUT2D eigenvalue weighted by Gasteiger charge is 2.47. The Morgan fingerprint density at radius 2 is 1.89 bits per heavy atom. The zero-order valence-corrected chi connectivity index (χ0v) is 9.98. The van der Waals surface area contributed by atoms with Crippen LogP contribution >= 0.6 is 11.3 Å². The van der Waals surface area contributed by atoms with E-state index in [1.54, 1.807) is 0 Å². The van der Waals surface area contributed by atoms with Crippen molar-refractivity contribution in [3.05, 3.63) is 17.0 Å². The van der Waals surface area contributed by atoms with Crippen LogP contribution in [0.2, 0.25) is 0 Å². The van der Waals surface area contributed by atoms with Gasteiger partial charge in [0.1, 0.15) is 22.1 Å². The SMILES string of the molecule is O=C(O)c1ccc(N2C(=O)C3CCC(O3)C2=O)s1. The number of ether oxygens (including phenoxy) is 1. The fourth-order valence-corrected chi connectivity index (χ4v) is 3.03. The summed E-state index contributed by atoms with van der Waals surface area (Å²) in [6, 6.07) is 2.87. The molecule has 0 aromatic carbocycles. The summed E-state index contributed by atoms with van der Waals surface area (Å²) < 4.78 is 5.28. The van der Waals surface area contributed by atoms with Gasteiger partial charge in [0.2, 0.25) is 0 Å². The zero-order valence-electron chi connectivity index (χ0n) is 9.16. The molecule has 2 amide bonds. The molecule has 2 bridgehead atoms. The van der Waals surface area contributed by atoms with Crippen molar-refractivity contribution in [3.8, 4) is 0 Å². The molecule has 3 heterocycles. The highest BCUT2D eigenvalue weighted by Crippen LogP contribution is 2.35. The first-order valence-electron chi connectivity index (χ1n) is 5.44. The largest absolute Gasteiger partial charge is 0.477 e. The monoisotopic (exact) mass is 267 g/mol. The van der Waals surface area contributed by atoms with Crippen molar-refractivity contribution in [3.63, 3.8) is 0 Å². The molecule has 94 valence electrons. The van der Waals surface area contributed by atoms with E-state index < -0.39 is 30.0 Å². The second kappa shape index (κ2) is 3.89. The molecular formula is C11H9NO5S. The van der Waals surface area contributed by atoms with Crippen molar-refractivity contribution in [2.75, 3.05) is 4.90 Å². The number of anilines is 1. The minimum absolute atomic E-state index is 0.101. The van der Waals surface area contributed by atoms with E-state index in [4.69, 9.17) is 9.84 Å². The average Bonchev–Trinajstić information content (AvgIpc) is 2.95. The number of carbonyl (C=O) groups excluding carboxylic acids is 2. The van der Waals surface area contributed by atoms with Crippen LogP contribution in [0, 0.1) is 0 Å². The minimum Gasteiger partial charge on any atom is -0.477 e. The van der Waals surface area contributed by atoms with Gasteiger partial charge in [-0.05, 0) is 25.0 Å². The minimum atomic E-state index is -1.07. The molecule has 0 radical (unpaired) electrons. The van der Waals surface area contributed by atoms with Crippen LogP contribution in [0.3, 0.4) is 0 Å². The number of carbonyl (C=O) groups is 3. The number of hydrogen-bond donors (Lipinski definition) is 1. The van der Waals surface area contributed by atoms with Crippen molar-refractivity contribution in [2.45, 2.75) is 25.0 Å². The number of aromatic carboxylic acids is 1. The highest BCUT2D eigenvalue weighted by molar-refractivity contribution is 7.18. The summed E-state index contributed by atoms with van der Waals surface area (Å²) in [4.78, 5) is 36.0. The van der Waals surface area contributed by atoms with Crippen LogP contribution < -0.4 is 4.90 Å². The number of morpholine rings is 1. The van der Waals surface area contributed by atoms with E-state index in [9.17, 15) is 14.4 Å². The smallest absolute Gasteiger partial charge is 0.345 e. The van der Waals surface area contributed by atoms with Gasteiger partial charge < -0.3 is 9.84 Å². The number of thiophene rings is 1. The molecule has 2 aliphatic rings. The van der Waals surface area contributed by atoms with Crippen LogP contribution in [0.5, 0.6) is 0 Å². The average molecular weight is 267 g/mol. The number of fused-ring (bicyclic) bond motifs is 2. The number of rotatable bonds is 2. The summed E-state index contributed by atoms with van der Waals surface area (Å²) in [5.74, 6) is -1.86. The van der Waals surface area contributed by atoms with E-state index in [1.807, 2.05) is 0 Å². The van der Waals surface area contributed by atoms with Gasteiger partial charge in [-0.1, -0.05) is 0 Å². The molecule has 2 aliphatic heterocycles. The Balaban J connectivity index is 1.97. The van der Waals surface area contributed by atoms with Crippen LogP contribution in [-0.2, 0) is 14.3 Å². The van der Waals surface area contributed by atoms with Crippen LogP contribution in [0.4, 0.5) is 5.00 Å². The summed E-state index contributed by atoms with van der Waals surface area (Å²) >= 11 is 0.916. The number of hydrogen-bond acceptors (Lipinski definition) is 5. The lowest BCUT2D eigenvalue weighted by molar-refractivity contribution is -0.146. The second-order valence-electron chi connectivity index (χ2n) is 4.15. The number of imide groups is 1. The van der Waals surface area contributed by atoms with Gasteiger partial charge in [0, 0.05) is 0 Å². The normalized spacial score (nSPS) is 26.8. The molecule has 2 unspecified atom stereocenters. The summed E-state index contributed by atoms with van der Waals surface area (Å²) in [6.07, 6.45) is -0.0441. The maximum atomic E-state index is 12.0. The van der Waals surface area contributed by atoms with E-state index in [-0.39, 0.29) is 4.88 Å². The molecular weight excluding hydrogens is 258 g/mol. The van der Waals surface area contributed by atoms with Crippen molar-refractivity contribution < 1.29 is 24.2 Å². The first-order chi connectivity index (χ1) is 8.58. The molecule has 0 aliphatic carbocycles. The van der Waals surface area contributed by atoms with Gasteiger partial charge in [0.25, 0.3) is 11.8 Å². The molecule has 1 aromatic rings. The topological polar surface area (TPSA) is 83.9 Å². The van der Waals surface area contributed by atoms with Gasteiger partial charge in [-0.15, -0.1) is 11.3 Å². The third-order valence-corrected chi connectivity index (χ3v) is 4.09. The van der Waals surface area contributed by atoms with Gasteiger partial charge in [-0.3, -0.25) is 9.59 Å². The fraction of sp³-hybridized carbons (Fsp3) is 0.364. The molecule has 1 aromatic heterocycles.